The lowest BCUT2D eigenvalue weighted by molar-refractivity contribution is 0.122. The van der Waals surface area contributed by atoms with E-state index < -0.39 is 0 Å². The zero-order valence-corrected chi connectivity index (χ0v) is 14.4. The van der Waals surface area contributed by atoms with Gasteiger partial charge in [-0.1, -0.05) is 41.9 Å². The number of aromatic nitrogens is 2. The number of ether oxygens (including phenoxy) is 1. The van der Waals surface area contributed by atoms with E-state index in [-0.39, 0.29) is 0 Å². The Balaban J connectivity index is 1.53. The summed E-state index contributed by atoms with van der Waals surface area (Å²) in [4.78, 5) is 13.8. The van der Waals surface area contributed by atoms with E-state index in [2.05, 4.69) is 45.1 Å². The van der Waals surface area contributed by atoms with Crippen LogP contribution in [0.1, 0.15) is 11.1 Å². The lowest BCUT2D eigenvalue weighted by atomic mass is 10.1. The first-order valence-corrected chi connectivity index (χ1v) is 8.87. The molecule has 5 nitrogen and oxygen atoms in total. The fraction of sp³-hybridized carbons (Fsp3) is 0.444. The summed E-state index contributed by atoms with van der Waals surface area (Å²) in [5.74, 6) is 1.74. The first kappa shape index (κ1) is 15.7. The molecule has 1 fully saturated rings. The molecule has 2 aliphatic rings. The van der Waals surface area contributed by atoms with E-state index in [4.69, 9.17) is 21.3 Å². The lowest BCUT2D eigenvalue weighted by Gasteiger charge is -2.28. The maximum absolute atomic E-state index is 6.44. The molecule has 2 aliphatic heterocycles. The number of halogens is 1. The second kappa shape index (κ2) is 6.95. The molecular weight excluding hydrogens is 324 g/mol. The molecule has 2 aromatic rings. The molecule has 0 radical (unpaired) electrons. The molecule has 0 spiro atoms. The van der Waals surface area contributed by atoms with Crippen molar-refractivity contribution in [1.82, 2.24) is 9.97 Å². The van der Waals surface area contributed by atoms with Crippen LogP contribution in [0.2, 0.25) is 5.15 Å². The highest BCUT2D eigenvalue weighted by Crippen LogP contribution is 2.32. The van der Waals surface area contributed by atoms with E-state index in [1.807, 2.05) is 0 Å². The Kier molecular flexibility index (Phi) is 4.54. The van der Waals surface area contributed by atoms with Gasteiger partial charge in [0.15, 0.2) is 0 Å². The van der Waals surface area contributed by atoms with Gasteiger partial charge in [-0.3, -0.25) is 0 Å². The minimum absolute atomic E-state index is 0.601. The van der Waals surface area contributed by atoms with Crippen molar-refractivity contribution in [2.75, 3.05) is 49.2 Å². The van der Waals surface area contributed by atoms with Crippen molar-refractivity contribution in [2.45, 2.75) is 12.8 Å². The van der Waals surface area contributed by atoms with Crippen molar-refractivity contribution in [3.63, 3.8) is 0 Å². The zero-order chi connectivity index (χ0) is 16.4. The van der Waals surface area contributed by atoms with Crippen LogP contribution in [0.15, 0.2) is 30.3 Å². The van der Waals surface area contributed by atoms with E-state index >= 15 is 0 Å². The van der Waals surface area contributed by atoms with E-state index in [0.29, 0.717) is 5.15 Å². The predicted octanol–water partition coefficient (Wildman–Crippen LogP) is 2.57. The number of morpholine rings is 1. The summed E-state index contributed by atoms with van der Waals surface area (Å²) in [5, 5.41) is 0.601. The SMILES string of the molecule is Clc1nc(N2CCOCC2)nc2c1CCN2CCc1ccccc1. The Labute approximate surface area is 147 Å². The summed E-state index contributed by atoms with van der Waals surface area (Å²) in [7, 11) is 0. The van der Waals surface area contributed by atoms with Gasteiger partial charge in [-0.2, -0.15) is 4.98 Å². The molecule has 0 saturated carbocycles. The standard InChI is InChI=1S/C18H21ClN4O/c19-16-15-7-9-22(8-6-14-4-2-1-3-5-14)17(15)21-18(20-16)23-10-12-24-13-11-23/h1-5H,6-13H2. The van der Waals surface area contributed by atoms with Gasteiger partial charge in [0, 0.05) is 31.7 Å². The Morgan fingerprint density at radius 2 is 1.83 bits per heavy atom. The molecule has 24 heavy (non-hydrogen) atoms. The molecule has 3 heterocycles. The number of nitrogens with zero attached hydrogens (tertiary/aromatic N) is 4. The molecular formula is C18H21ClN4O. The minimum atomic E-state index is 0.601. The van der Waals surface area contributed by atoms with Gasteiger partial charge in [-0.15, -0.1) is 0 Å². The average Bonchev–Trinajstić information content (AvgIpc) is 3.05. The summed E-state index contributed by atoms with van der Waals surface area (Å²) in [6.45, 7) is 4.99. The first-order chi connectivity index (χ1) is 11.8. The minimum Gasteiger partial charge on any atom is -0.378 e. The van der Waals surface area contributed by atoms with Crippen LogP contribution in [-0.4, -0.2) is 49.4 Å². The smallest absolute Gasteiger partial charge is 0.228 e. The molecule has 1 aromatic carbocycles. The summed E-state index contributed by atoms with van der Waals surface area (Å²) >= 11 is 6.44. The number of hydrogen-bond acceptors (Lipinski definition) is 5. The average molecular weight is 345 g/mol. The second-order valence-electron chi connectivity index (χ2n) is 6.19. The topological polar surface area (TPSA) is 41.5 Å². The van der Waals surface area contributed by atoms with Crippen LogP contribution in [0, 0.1) is 0 Å². The van der Waals surface area contributed by atoms with Crippen molar-refractivity contribution in [3.05, 3.63) is 46.6 Å². The van der Waals surface area contributed by atoms with Crippen molar-refractivity contribution >= 4 is 23.4 Å². The lowest BCUT2D eigenvalue weighted by Crippen LogP contribution is -2.37. The highest BCUT2D eigenvalue weighted by atomic mass is 35.5. The highest BCUT2D eigenvalue weighted by molar-refractivity contribution is 6.30. The molecule has 0 N–H and O–H groups in total. The summed E-state index contributed by atoms with van der Waals surface area (Å²) in [6.07, 6.45) is 1.93. The quantitative estimate of drug-likeness (QED) is 0.797. The normalized spacial score (nSPS) is 17.2. The summed E-state index contributed by atoms with van der Waals surface area (Å²) < 4.78 is 5.41. The number of anilines is 2. The van der Waals surface area contributed by atoms with Crippen LogP contribution in [0.4, 0.5) is 11.8 Å². The van der Waals surface area contributed by atoms with Gasteiger partial charge in [0.25, 0.3) is 0 Å². The first-order valence-electron chi connectivity index (χ1n) is 8.49. The van der Waals surface area contributed by atoms with Gasteiger partial charge in [-0.05, 0) is 18.4 Å². The number of fused-ring (bicyclic) bond motifs is 1. The Hall–Kier alpha value is -1.85. The zero-order valence-electron chi connectivity index (χ0n) is 13.6. The predicted molar refractivity (Wildman–Crippen MR) is 96.1 cm³/mol. The number of hydrogen-bond donors (Lipinski definition) is 0. The van der Waals surface area contributed by atoms with Crippen molar-refractivity contribution < 1.29 is 4.74 Å². The van der Waals surface area contributed by atoms with E-state index in [1.54, 1.807) is 0 Å². The highest BCUT2D eigenvalue weighted by Gasteiger charge is 2.26. The largest absolute Gasteiger partial charge is 0.378 e. The van der Waals surface area contributed by atoms with Crippen LogP contribution in [0.5, 0.6) is 0 Å². The monoisotopic (exact) mass is 344 g/mol. The molecule has 126 valence electrons. The molecule has 0 atom stereocenters. The van der Waals surface area contributed by atoms with Crippen LogP contribution in [0.25, 0.3) is 0 Å². The summed E-state index contributed by atoms with van der Waals surface area (Å²) in [5.41, 5.74) is 2.43. The van der Waals surface area contributed by atoms with Gasteiger partial charge < -0.3 is 14.5 Å². The molecule has 0 unspecified atom stereocenters. The molecule has 6 heteroatoms. The van der Waals surface area contributed by atoms with Gasteiger partial charge in [0.1, 0.15) is 11.0 Å². The maximum Gasteiger partial charge on any atom is 0.228 e. The van der Waals surface area contributed by atoms with E-state index in [1.165, 1.54) is 5.56 Å². The van der Waals surface area contributed by atoms with E-state index in [9.17, 15) is 0 Å². The van der Waals surface area contributed by atoms with Crippen LogP contribution >= 0.6 is 11.6 Å². The molecule has 0 bridgehead atoms. The Morgan fingerprint density at radius 1 is 1.04 bits per heavy atom. The molecule has 1 saturated heterocycles. The molecule has 0 amide bonds. The molecule has 1 aromatic heterocycles. The van der Waals surface area contributed by atoms with Gasteiger partial charge in [-0.25, -0.2) is 4.98 Å². The fourth-order valence-electron chi connectivity index (χ4n) is 3.30. The van der Waals surface area contributed by atoms with Crippen molar-refractivity contribution in [3.8, 4) is 0 Å². The van der Waals surface area contributed by atoms with Crippen LogP contribution < -0.4 is 9.80 Å². The maximum atomic E-state index is 6.44. The fourth-order valence-corrected chi connectivity index (χ4v) is 3.55. The van der Waals surface area contributed by atoms with Gasteiger partial charge in [0.05, 0.1) is 13.2 Å². The molecule has 0 aliphatic carbocycles. The third-order valence-corrected chi connectivity index (χ3v) is 4.97. The molecule has 4 rings (SSSR count). The van der Waals surface area contributed by atoms with Crippen molar-refractivity contribution in [1.29, 1.82) is 0 Å². The van der Waals surface area contributed by atoms with Crippen molar-refractivity contribution in [2.24, 2.45) is 0 Å². The van der Waals surface area contributed by atoms with E-state index in [0.717, 1.165) is 69.6 Å². The number of benzene rings is 1. The Bertz CT molecular complexity index is 704. The third-order valence-electron chi connectivity index (χ3n) is 4.66. The Morgan fingerprint density at radius 3 is 2.62 bits per heavy atom. The van der Waals surface area contributed by atoms with Crippen LogP contribution in [0.3, 0.4) is 0 Å². The van der Waals surface area contributed by atoms with Gasteiger partial charge >= 0.3 is 0 Å². The van der Waals surface area contributed by atoms with Gasteiger partial charge in [0.2, 0.25) is 5.95 Å². The second-order valence-corrected chi connectivity index (χ2v) is 6.55. The summed E-state index contributed by atoms with van der Waals surface area (Å²) in [6, 6.07) is 10.6. The number of rotatable bonds is 4. The third kappa shape index (κ3) is 3.19. The van der Waals surface area contributed by atoms with Crippen LogP contribution in [-0.2, 0) is 17.6 Å².